The molecule has 5 heteroatoms. The van der Waals surface area contributed by atoms with E-state index in [1.807, 2.05) is 59.2 Å². The van der Waals surface area contributed by atoms with E-state index < -0.39 is 0 Å². The number of amides is 1. The van der Waals surface area contributed by atoms with E-state index in [4.69, 9.17) is 0 Å². The first-order valence-corrected chi connectivity index (χ1v) is 9.59. The Morgan fingerprint density at radius 2 is 1.97 bits per heavy atom. The second kappa shape index (κ2) is 7.02. The molecule has 0 unspecified atom stereocenters. The second-order valence-corrected chi connectivity index (χ2v) is 7.20. The molecular formula is C24H18N3O2. The van der Waals surface area contributed by atoms with Gasteiger partial charge in [0.25, 0.3) is 5.91 Å². The van der Waals surface area contributed by atoms with Crippen molar-refractivity contribution >= 4 is 16.9 Å². The SMILES string of the molecule is O=C(NC1CC1)c1cn(-c2cccc(-c3c[c]ccc3)c2)c2cccnc2c1=O. The highest BCUT2D eigenvalue weighted by Gasteiger charge is 2.26. The maximum absolute atomic E-state index is 12.9. The van der Waals surface area contributed by atoms with Crippen molar-refractivity contribution in [2.45, 2.75) is 18.9 Å². The number of nitrogens with zero attached hydrogens (tertiary/aromatic N) is 2. The molecule has 2 heterocycles. The number of benzene rings is 2. The van der Waals surface area contributed by atoms with Gasteiger partial charge in [0.1, 0.15) is 11.1 Å². The summed E-state index contributed by atoms with van der Waals surface area (Å²) in [5.41, 5.74) is 3.64. The highest BCUT2D eigenvalue weighted by molar-refractivity contribution is 5.97. The number of nitrogens with one attached hydrogen (secondary N) is 1. The highest BCUT2D eigenvalue weighted by atomic mass is 16.2. The lowest BCUT2D eigenvalue weighted by atomic mass is 10.0. The Labute approximate surface area is 167 Å². The molecule has 5 rings (SSSR count). The van der Waals surface area contributed by atoms with Crippen LogP contribution < -0.4 is 10.7 Å². The molecule has 0 atom stereocenters. The number of hydrogen-bond acceptors (Lipinski definition) is 3. The lowest BCUT2D eigenvalue weighted by Gasteiger charge is -2.14. The number of aromatic nitrogens is 2. The first-order chi connectivity index (χ1) is 14.2. The van der Waals surface area contributed by atoms with E-state index in [-0.39, 0.29) is 28.5 Å². The summed E-state index contributed by atoms with van der Waals surface area (Å²) in [6.45, 7) is 0. The number of carbonyl (C=O) groups excluding carboxylic acids is 1. The van der Waals surface area contributed by atoms with Gasteiger partial charge in [0, 0.05) is 24.1 Å². The second-order valence-electron chi connectivity index (χ2n) is 7.20. The zero-order valence-electron chi connectivity index (χ0n) is 15.6. The van der Waals surface area contributed by atoms with E-state index in [0.717, 1.165) is 29.7 Å². The zero-order chi connectivity index (χ0) is 19.8. The molecule has 1 fully saturated rings. The minimum absolute atomic E-state index is 0.113. The van der Waals surface area contributed by atoms with Gasteiger partial charge in [0.15, 0.2) is 0 Å². The van der Waals surface area contributed by atoms with Crippen molar-refractivity contribution in [3.05, 3.63) is 94.9 Å². The summed E-state index contributed by atoms with van der Waals surface area (Å²) in [6, 6.07) is 22.6. The predicted molar refractivity (Wildman–Crippen MR) is 112 cm³/mol. The highest BCUT2D eigenvalue weighted by Crippen LogP contribution is 2.24. The predicted octanol–water partition coefficient (Wildman–Crippen LogP) is 3.75. The average Bonchev–Trinajstić information content (AvgIpc) is 3.59. The monoisotopic (exact) mass is 380 g/mol. The molecule has 1 saturated carbocycles. The molecule has 29 heavy (non-hydrogen) atoms. The molecule has 5 nitrogen and oxygen atoms in total. The molecule has 1 radical (unpaired) electrons. The van der Waals surface area contributed by atoms with Crippen LogP contribution in [0.15, 0.2) is 77.9 Å². The lowest BCUT2D eigenvalue weighted by molar-refractivity contribution is 0.0949. The fourth-order valence-electron chi connectivity index (χ4n) is 3.43. The molecule has 1 N–H and O–H groups in total. The van der Waals surface area contributed by atoms with Gasteiger partial charge in [-0.2, -0.15) is 0 Å². The topological polar surface area (TPSA) is 64.0 Å². The molecule has 0 saturated heterocycles. The van der Waals surface area contributed by atoms with Gasteiger partial charge in [0.05, 0.1) is 5.52 Å². The van der Waals surface area contributed by atoms with Crippen molar-refractivity contribution in [2.24, 2.45) is 0 Å². The smallest absolute Gasteiger partial charge is 0.257 e. The number of rotatable bonds is 4. The van der Waals surface area contributed by atoms with Crippen molar-refractivity contribution in [1.29, 1.82) is 0 Å². The van der Waals surface area contributed by atoms with Crippen LogP contribution in [0.25, 0.3) is 27.8 Å². The standard InChI is InChI=1S/C24H18N3O2/c28-23-20(24(29)26-18-11-12-18)15-27(21-10-5-13-25-22(21)23)19-9-4-8-17(14-19)16-6-2-1-3-7-16/h1-2,4-10,13-15,18H,11-12H2,(H,26,29). The number of fused-ring (bicyclic) bond motifs is 1. The van der Waals surface area contributed by atoms with Gasteiger partial charge < -0.3 is 9.88 Å². The Morgan fingerprint density at radius 1 is 1.10 bits per heavy atom. The van der Waals surface area contributed by atoms with Crippen LogP contribution in [0.1, 0.15) is 23.2 Å². The Balaban J connectivity index is 1.69. The van der Waals surface area contributed by atoms with E-state index in [0.29, 0.717) is 5.52 Å². The molecular weight excluding hydrogens is 362 g/mol. The molecule has 141 valence electrons. The van der Waals surface area contributed by atoms with Gasteiger partial charge in [-0.3, -0.25) is 14.6 Å². The fourth-order valence-corrected chi connectivity index (χ4v) is 3.43. The molecule has 1 aliphatic carbocycles. The zero-order valence-corrected chi connectivity index (χ0v) is 15.6. The van der Waals surface area contributed by atoms with E-state index in [1.165, 1.54) is 0 Å². The number of hydrogen-bond donors (Lipinski definition) is 1. The van der Waals surface area contributed by atoms with E-state index in [1.54, 1.807) is 18.5 Å². The summed E-state index contributed by atoms with van der Waals surface area (Å²) in [5.74, 6) is -0.340. The number of pyridine rings is 2. The quantitative estimate of drug-likeness (QED) is 0.587. The van der Waals surface area contributed by atoms with Crippen molar-refractivity contribution in [3.63, 3.8) is 0 Å². The van der Waals surface area contributed by atoms with Crippen LogP contribution in [-0.4, -0.2) is 21.5 Å². The Kier molecular flexibility index (Phi) is 4.21. The molecule has 1 amide bonds. The Bertz CT molecular complexity index is 1270. The van der Waals surface area contributed by atoms with Gasteiger partial charge in [0.2, 0.25) is 5.43 Å². The molecule has 2 aromatic heterocycles. The number of carbonyl (C=O) groups is 1. The largest absolute Gasteiger partial charge is 0.349 e. The first-order valence-electron chi connectivity index (χ1n) is 9.59. The van der Waals surface area contributed by atoms with Crippen molar-refractivity contribution in [2.75, 3.05) is 0 Å². The Hall–Kier alpha value is -3.73. The Morgan fingerprint density at radius 3 is 2.76 bits per heavy atom. The third-order valence-corrected chi connectivity index (χ3v) is 5.09. The van der Waals surface area contributed by atoms with Gasteiger partial charge in [-0.05, 0) is 60.4 Å². The molecule has 0 aliphatic heterocycles. The van der Waals surface area contributed by atoms with Crippen LogP contribution in [0.2, 0.25) is 0 Å². The minimum Gasteiger partial charge on any atom is -0.349 e. The maximum atomic E-state index is 12.9. The van der Waals surface area contributed by atoms with Crippen LogP contribution >= 0.6 is 0 Å². The van der Waals surface area contributed by atoms with Crippen LogP contribution in [0, 0.1) is 6.07 Å². The summed E-state index contributed by atoms with van der Waals surface area (Å²) in [5, 5.41) is 2.91. The van der Waals surface area contributed by atoms with Crippen LogP contribution in [0.5, 0.6) is 0 Å². The average molecular weight is 380 g/mol. The van der Waals surface area contributed by atoms with Gasteiger partial charge in [-0.25, -0.2) is 0 Å². The molecule has 1 aliphatic rings. The summed E-state index contributed by atoms with van der Waals surface area (Å²) < 4.78 is 1.86. The van der Waals surface area contributed by atoms with Crippen molar-refractivity contribution in [1.82, 2.24) is 14.9 Å². The van der Waals surface area contributed by atoms with Crippen LogP contribution in [-0.2, 0) is 0 Å². The molecule has 4 aromatic rings. The maximum Gasteiger partial charge on any atom is 0.257 e. The first kappa shape index (κ1) is 17.4. The lowest BCUT2D eigenvalue weighted by Crippen LogP contribution is -2.31. The fraction of sp³-hybridized carbons (Fsp3) is 0.125. The summed E-state index contributed by atoms with van der Waals surface area (Å²) in [7, 11) is 0. The van der Waals surface area contributed by atoms with Gasteiger partial charge >= 0.3 is 0 Å². The van der Waals surface area contributed by atoms with Crippen LogP contribution in [0.3, 0.4) is 0 Å². The summed E-state index contributed by atoms with van der Waals surface area (Å²) in [4.78, 5) is 29.8. The van der Waals surface area contributed by atoms with Gasteiger partial charge in [-0.15, -0.1) is 0 Å². The molecule has 0 spiro atoms. The van der Waals surface area contributed by atoms with Crippen molar-refractivity contribution in [3.8, 4) is 16.8 Å². The minimum atomic E-state index is -0.344. The van der Waals surface area contributed by atoms with E-state index in [2.05, 4.69) is 16.4 Å². The molecule has 0 bridgehead atoms. The van der Waals surface area contributed by atoms with Gasteiger partial charge in [-0.1, -0.05) is 30.3 Å². The van der Waals surface area contributed by atoms with Crippen molar-refractivity contribution < 1.29 is 4.79 Å². The normalized spacial score (nSPS) is 13.4. The van der Waals surface area contributed by atoms with E-state index in [9.17, 15) is 9.59 Å². The summed E-state index contributed by atoms with van der Waals surface area (Å²) >= 11 is 0. The van der Waals surface area contributed by atoms with Crippen LogP contribution in [0.4, 0.5) is 0 Å². The van der Waals surface area contributed by atoms with E-state index >= 15 is 0 Å². The third kappa shape index (κ3) is 3.31. The summed E-state index contributed by atoms with van der Waals surface area (Å²) in [6.07, 6.45) is 5.12. The molecule has 2 aromatic carbocycles. The third-order valence-electron chi connectivity index (χ3n) is 5.09.